The molecule has 0 aromatic carbocycles. The van der Waals surface area contributed by atoms with Crippen molar-refractivity contribution >= 4 is 59.1 Å². The van der Waals surface area contributed by atoms with Crippen LogP contribution in [0.2, 0.25) is 0 Å². The molecule has 0 spiro atoms. The highest BCUT2D eigenvalue weighted by Gasteiger charge is 2.36. The van der Waals surface area contributed by atoms with Gasteiger partial charge in [-0.15, -0.1) is 0 Å². The number of nitrogens with two attached hydrogens (primary N) is 10. The van der Waals surface area contributed by atoms with Crippen LogP contribution < -0.4 is 57.3 Å². The van der Waals surface area contributed by atoms with Crippen LogP contribution in [0.5, 0.6) is 0 Å². The Morgan fingerprint density at radius 1 is 0.195 bits per heavy atom. The van der Waals surface area contributed by atoms with Gasteiger partial charge in [-0.3, -0.25) is 47.9 Å². The largest absolute Gasteiger partial charge is 0.369 e. The summed E-state index contributed by atoms with van der Waals surface area (Å²) in [5.74, 6) is -11.0. The molecular formula is C62H116N10O10. The maximum Gasteiger partial charge on any atom is 0.220 e. The van der Waals surface area contributed by atoms with Crippen LogP contribution in [0.25, 0.3) is 0 Å². The Morgan fingerprint density at radius 2 is 0.305 bits per heavy atom. The van der Waals surface area contributed by atoms with E-state index in [0.29, 0.717) is 122 Å². The highest BCUT2D eigenvalue weighted by atomic mass is 16.2. The molecule has 20 N–H and O–H groups in total. The highest BCUT2D eigenvalue weighted by Crippen LogP contribution is 2.37. The number of carbonyl (C=O) groups excluding carboxylic acids is 10. The quantitative estimate of drug-likeness (QED) is 0.0328. The van der Waals surface area contributed by atoms with Gasteiger partial charge in [0.1, 0.15) is 0 Å². The van der Waals surface area contributed by atoms with E-state index in [2.05, 4.69) is 0 Å². The zero-order valence-corrected chi connectivity index (χ0v) is 52.5. The summed E-state index contributed by atoms with van der Waals surface area (Å²) in [5, 5.41) is 0. The third kappa shape index (κ3) is 27.0. The molecule has 82 heavy (non-hydrogen) atoms. The molecule has 10 amide bonds. The molecule has 0 aromatic rings. The van der Waals surface area contributed by atoms with E-state index in [1.807, 2.05) is 83.1 Å². The fourth-order valence-corrected chi connectivity index (χ4v) is 13.3. The predicted octanol–water partition coefficient (Wildman–Crippen LogP) is 6.20. The average molecular weight is 1160 g/mol. The van der Waals surface area contributed by atoms with Crippen molar-refractivity contribution in [3.63, 3.8) is 0 Å². The van der Waals surface area contributed by atoms with Gasteiger partial charge >= 0.3 is 0 Å². The van der Waals surface area contributed by atoms with Gasteiger partial charge in [-0.2, -0.15) is 0 Å². The van der Waals surface area contributed by atoms with Crippen LogP contribution in [-0.2, 0) is 47.9 Å². The van der Waals surface area contributed by atoms with Crippen molar-refractivity contribution in [1.29, 1.82) is 0 Å². The summed E-state index contributed by atoms with van der Waals surface area (Å²) in [4.78, 5) is 127. The third-order valence-electron chi connectivity index (χ3n) is 19.6. The number of hydrogen-bond acceptors (Lipinski definition) is 10. The van der Waals surface area contributed by atoms with E-state index in [1.165, 1.54) is 0 Å². The summed E-state index contributed by atoms with van der Waals surface area (Å²) in [7, 11) is 0. The van der Waals surface area contributed by atoms with Gasteiger partial charge in [-0.25, -0.2) is 0 Å². The molecule has 0 saturated carbocycles. The van der Waals surface area contributed by atoms with E-state index in [1.54, 1.807) is 0 Å². The van der Waals surface area contributed by atoms with Crippen molar-refractivity contribution in [1.82, 2.24) is 0 Å². The lowest BCUT2D eigenvalue weighted by atomic mass is 9.75. The third-order valence-corrected chi connectivity index (χ3v) is 19.6. The fraction of sp³-hybridized carbons (Fsp3) is 0.839. The van der Waals surface area contributed by atoms with Crippen molar-refractivity contribution in [2.24, 2.45) is 176 Å². The summed E-state index contributed by atoms with van der Waals surface area (Å²) in [5.41, 5.74) is 58.7. The second-order valence-corrected chi connectivity index (χ2v) is 26.1. The molecule has 0 radical (unpaired) electrons. The van der Waals surface area contributed by atoms with Crippen molar-refractivity contribution in [2.75, 3.05) is 0 Å². The molecule has 0 aliphatic rings. The van der Waals surface area contributed by atoms with Crippen LogP contribution >= 0.6 is 0 Å². The Labute approximate surface area is 492 Å². The minimum atomic E-state index is -0.578. The van der Waals surface area contributed by atoms with E-state index >= 15 is 0 Å². The van der Waals surface area contributed by atoms with Crippen LogP contribution in [0.15, 0.2) is 0 Å². The lowest BCUT2D eigenvalue weighted by Gasteiger charge is -2.29. The Morgan fingerprint density at radius 3 is 0.402 bits per heavy atom. The van der Waals surface area contributed by atoms with Gasteiger partial charge in [0, 0.05) is 59.2 Å². The van der Waals surface area contributed by atoms with Gasteiger partial charge in [0.05, 0.1) is 0 Å². The standard InChI is InChI=1S/C62H116N10O10/c1-13-14-44(54(64)74)34(4)16-25-46(56(66)76)36(6)18-27-48(58(68)78)38(8)20-29-50(60(70)80)40(10)22-31-52(62(72)82)42(12)23-32-51(61(71)81)41(11)21-30-49(59(69)79)39(9)19-28-47(57(67)77)37(7)17-26-45(55(65)75)35(5)15-24-43(33(2)3)53(63)73/h33-52H,13-32H2,1-12H3,(H2,63,73)(H2,64,74)(H2,65,75)(H2,66,76)(H2,67,77)(H2,68,78)(H2,69,79)(H2,70,80)(H2,71,81)(H2,72,82). The monoisotopic (exact) mass is 1160 g/mol. The molecule has 0 rings (SSSR count). The predicted molar refractivity (Wildman–Crippen MR) is 322 cm³/mol. The number of carbonyl (C=O) groups is 10. The van der Waals surface area contributed by atoms with Crippen LogP contribution in [0.4, 0.5) is 0 Å². The van der Waals surface area contributed by atoms with Crippen molar-refractivity contribution < 1.29 is 47.9 Å². The summed E-state index contributed by atoms with van der Waals surface area (Å²) in [6, 6.07) is 0. The molecule has 19 atom stereocenters. The molecule has 20 nitrogen and oxygen atoms in total. The number of primary amides is 10. The molecule has 20 heteroatoms. The highest BCUT2D eigenvalue weighted by molar-refractivity contribution is 5.81. The van der Waals surface area contributed by atoms with Gasteiger partial charge in [-0.1, -0.05) is 89.5 Å². The molecule has 474 valence electrons. The maximum atomic E-state index is 13.0. The van der Waals surface area contributed by atoms with Gasteiger partial charge < -0.3 is 57.3 Å². The van der Waals surface area contributed by atoms with E-state index in [0.717, 1.165) is 6.42 Å². The Bertz CT molecular complexity index is 2040. The SMILES string of the molecule is CCCC(C(N)=O)C(C)CCC(C(N)=O)C(C)CCC(C(N)=O)C(C)CCC(C(N)=O)C(C)CCC(C(N)=O)C(C)CCC(C(N)=O)C(C)CCC(C(N)=O)C(C)CCC(C(N)=O)C(C)CCC(C(N)=O)C(C)CCC(C(N)=O)C(C)C. The molecule has 0 aromatic heterocycles. The minimum Gasteiger partial charge on any atom is -0.369 e. The first kappa shape index (κ1) is 76.7. The van der Waals surface area contributed by atoms with Crippen molar-refractivity contribution in [2.45, 2.75) is 212 Å². The first-order valence-electron chi connectivity index (χ1n) is 31.0. The van der Waals surface area contributed by atoms with E-state index in [4.69, 9.17) is 57.3 Å². The molecule has 0 heterocycles. The number of hydrogen-bond donors (Lipinski definition) is 10. The van der Waals surface area contributed by atoms with Crippen molar-refractivity contribution in [3.8, 4) is 0 Å². The first-order chi connectivity index (χ1) is 38.0. The van der Waals surface area contributed by atoms with Crippen LogP contribution in [0, 0.1) is 118 Å². The zero-order chi connectivity index (χ0) is 63.5. The molecular weight excluding hydrogens is 1040 g/mol. The zero-order valence-electron chi connectivity index (χ0n) is 52.5. The topological polar surface area (TPSA) is 431 Å². The first-order valence-corrected chi connectivity index (χ1v) is 31.0. The normalized spacial score (nSPS) is 18.9. The summed E-state index contributed by atoms with van der Waals surface area (Å²) in [6.45, 7) is 23.1. The molecule has 0 fully saturated rings. The van der Waals surface area contributed by atoms with Crippen molar-refractivity contribution in [3.05, 3.63) is 0 Å². The molecule has 0 saturated heterocycles. The summed E-state index contributed by atoms with van der Waals surface area (Å²) < 4.78 is 0. The summed E-state index contributed by atoms with van der Waals surface area (Å²) in [6.07, 6.45) is 9.82. The lowest BCUT2D eigenvalue weighted by molar-refractivity contribution is -0.126. The van der Waals surface area contributed by atoms with Gasteiger partial charge in [0.2, 0.25) is 59.1 Å². The molecule has 0 aliphatic heterocycles. The Hall–Kier alpha value is -5.30. The Kier molecular flexibility index (Phi) is 36.0. The van der Waals surface area contributed by atoms with Crippen LogP contribution in [0.3, 0.4) is 0 Å². The molecule has 19 unspecified atom stereocenters. The second kappa shape index (κ2) is 38.5. The average Bonchev–Trinajstić information content (AvgIpc) is 3.34. The van der Waals surface area contributed by atoms with E-state index < -0.39 is 94.6 Å². The lowest BCUT2D eigenvalue weighted by Crippen LogP contribution is -2.35. The van der Waals surface area contributed by atoms with Gasteiger partial charge in [-0.05, 0) is 181 Å². The number of rotatable bonds is 49. The second-order valence-electron chi connectivity index (χ2n) is 26.1. The maximum absolute atomic E-state index is 13.0. The smallest absolute Gasteiger partial charge is 0.220 e. The number of amides is 10. The minimum absolute atomic E-state index is 0.0153. The Balaban J connectivity index is 5.67. The molecule has 0 aliphatic carbocycles. The van der Waals surface area contributed by atoms with Crippen LogP contribution in [-0.4, -0.2) is 59.1 Å². The van der Waals surface area contributed by atoms with Gasteiger partial charge in [0.15, 0.2) is 0 Å². The van der Waals surface area contributed by atoms with E-state index in [-0.39, 0.29) is 82.8 Å². The fourth-order valence-electron chi connectivity index (χ4n) is 13.3. The summed E-state index contributed by atoms with van der Waals surface area (Å²) >= 11 is 0. The van der Waals surface area contributed by atoms with Crippen LogP contribution in [0.1, 0.15) is 212 Å². The van der Waals surface area contributed by atoms with E-state index in [9.17, 15) is 47.9 Å². The van der Waals surface area contributed by atoms with Gasteiger partial charge in [0.25, 0.3) is 0 Å². The molecule has 0 bridgehead atoms.